The van der Waals surface area contributed by atoms with Gasteiger partial charge in [0.15, 0.2) is 22.3 Å². The first-order valence-electron chi connectivity index (χ1n) is 18.5. The number of hydrogen-bond acceptors (Lipinski definition) is 3. The van der Waals surface area contributed by atoms with Crippen LogP contribution in [0.2, 0.25) is 36.3 Å². The van der Waals surface area contributed by atoms with Crippen LogP contribution in [-0.2, 0) is 8.85 Å². The van der Waals surface area contributed by atoms with Gasteiger partial charge < -0.3 is 14.0 Å². The molecule has 0 aliphatic heterocycles. The minimum Gasteiger partial charge on any atom is -0.414 e. The van der Waals surface area contributed by atoms with Crippen LogP contribution in [-0.4, -0.2) is 45.2 Å². The number of hydrogen-bond donors (Lipinski definition) is 1. The summed E-state index contributed by atoms with van der Waals surface area (Å²) in [6.45, 7) is 35.7. The second-order valence-electron chi connectivity index (χ2n) is 20.1. The molecule has 3 fully saturated rings. The van der Waals surface area contributed by atoms with Crippen LogP contribution in [0.1, 0.15) is 122 Å². The second kappa shape index (κ2) is 12.1. The van der Waals surface area contributed by atoms with Gasteiger partial charge in [0.25, 0.3) is 0 Å². The van der Waals surface area contributed by atoms with Crippen LogP contribution in [0, 0.1) is 34.5 Å². The smallest absolute Gasteiger partial charge is 0.192 e. The molecular weight excluding hydrogens is 604 g/mol. The molecule has 0 bridgehead atoms. The average Bonchev–Trinajstić information content (AvgIpc) is 3.23. The summed E-state index contributed by atoms with van der Waals surface area (Å²) in [6, 6.07) is 0. The Morgan fingerprint density at radius 2 is 1.43 bits per heavy atom. The summed E-state index contributed by atoms with van der Waals surface area (Å²) in [5.41, 5.74) is 0.189. The fraction of sp³-hybridized carbons (Fsp3) is 0.850. The van der Waals surface area contributed by atoms with Crippen LogP contribution in [0.3, 0.4) is 0 Å². The molecule has 4 rings (SSSR count). The zero-order valence-electron chi connectivity index (χ0n) is 32.7. The van der Waals surface area contributed by atoms with Crippen molar-refractivity contribution in [2.45, 2.75) is 181 Å². The molecule has 0 spiro atoms. The van der Waals surface area contributed by atoms with Gasteiger partial charge in [0.2, 0.25) is 0 Å². The van der Waals surface area contributed by atoms with Crippen molar-refractivity contribution in [2.75, 3.05) is 0 Å². The Morgan fingerprint density at radius 3 is 1.98 bits per heavy atom. The van der Waals surface area contributed by atoms with Crippen molar-refractivity contribution < 1.29 is 18.3 Å². The highest BCUT2D eigenvalue weighted by Gasteiger charge is 2.60. The Hall–Kier alpha value is -0.536. The van der Waals surface area contributed by atoms with E-state index in [0.717, 1.165) is 12.8 Å². The maximum atomic E-state index is 15.3. The standard InChI is InChI=1S/C40H71FO3Si2/c1-27(21-24-39(11,41)37(8,9)42)31-19-20-32-30-18-17-28-25-29(43-45(13,14)35(2,3)4)26-34(44-46(15,16)36(5,6)7)40(28,12)33(30)22-23-38(31,32)10/h17-18,21,24,27,29,31-34,42H,19-20,22-23,25-26H2,1-16H3/b24-21+/t27-,29-,31-,32+,33+,34+,38-,39+,40+/m1/s1. The molecule has 1 N–H and O–H groups in total. The van der Waals surface area contributed by atoms with Crippen LogP contribution in [0.5, 0.6) is 0 Å². The predicted molar refractivity (Wildman–Crippen MR) is 199 cm³/mol. The van der Waals surface area contributed by atoms with Gasteiger partial charge in [-0.2, -0.15) is 0 Å². The lowest BCUT2D eigenvalue weighted by Crippen LogP contribution is -2.58. The molecule has 0 amide bonds. The van der Waals surface area contributed by atoms with E-state index >= 15 is 4.39 Å². The summed E-state index contributed by atoms with van der Waals surface area (Å²) in [5, 5.41) is 10.7. The lowest BCUT2D eigenvalue weighted by Gasteiger charge is -2.59. The second-order valence-corrected chi connectivity index (χ2v) is 29.6. The van der Waals surface area contributed by atoms with Crippen molar-refractivity contribution in [1.29, 1.82) is 0 Å². The maximum absolute atomic E-state index is 15.3. The molecule has 0 unspecified atom stereocenters. The zero-order valence-corrected chi connectivity index (χ0v) is 34.7. The van der Waals surface area contributed by atoms with Crippen LogP contribution in [0.25, 0.3) is 0 Å². The quantitative estimate of drug-likeness (QED) is 0.206. The average molecular weight is 675 g/mol. The number of allylic oxidation sites excluding steroid dienone is 4. The van der Waals surface area contributed by atoms with Gasteiger partial charge in [-0.15, -0.1) is 0 Å². The lowest BCUT2D eigenvalue weighted by molar-refractivity contribution is -0.0445. The third kappa shape index (κ3) is 6.66. The molecule has 4 aliphatic rings. The Balaban J connectivity index is 1.69. The van der Waals surface area contributed by atoms with E-state index in [1.165, 1.54) is 32.6 Å². The summed E-state index contributed by atoms with van der Waals surface area (Å²) in [4.78, 5) is 0. The van der Waals surface area contributed by atoms with E-state index in [4.69, 9.17) is 8.85 Å². The van der Waals surface area contributed by atoms with Gasteiger partial charge in [0.05, 0.1) is 17.8 Å². The molecule has 0 aromatic rings. The predicted octanol–water partition coefficient (Wildman–Crippen LogP) is 11.6. The maximum Gasteiger partial charge on any atom is 0.192 e. The van der Waals surface area contributed by atoms with Crippen molar-refractivity contribution in [3.63, 3.8) is 0 Å². The van der Waals surface area contributed by atoms with Gasteiger partial charge in [-0.1, -0.05) is 91.7 Å². The molecule has 3 nitrogen and oxygen atoms in total. The summed E-state index contributed by atoms with van der Waals surface area (Å²) >= 11 is 0. The van der Waals surface area contributed by atoms with Crippen LogP contribution in [0.15, 0.2) is 35.5 Å². The molecule has 0 aromatic heterocycles. The van der Waals surface area contributed by atoms with E-state index in [0.29, 0.717) is 17.8 Å². The molecule has 3 saturated carbocycles. The summed E-state index contributed by atoms with van der Waals surface area (Å²) in [6.07, 6.45) is 15.8. The Bertz CT molecular complexity index is 1230. The molecule has 4 aliphatic carbocycles. The highest BCUT2D eigenvalue weighted by Crippen LogP contribution is 2.67. The van der Waals surface area contributed by atoms with Crippen LogP contribution >= 0.6 is 0 Å². The molecule has 46 heavy (non-hydrogen) atoms. The Kier molecular flexibility index (Phi) is 10.0. The largest absolute Gasteiger partial charge is 0.414 e. The molecule has 0 heterocycles. The number of fused-ring (bicyclic) bond motifs is 5. The van der Waals surface area contributed by atoms with Crippen molar-refractivity contribution in [3.05, 3.63) is 35.5 Å². The molecule has 0 radical (unpaired) electrons. The van der Waals surface area contributed by atoms with Crippen LogP contribution in [0.4, 0.5) is 4.39 Å². The third-order valence-corrected chi connectivity index (χ3v) is 23.7. The molecule has 6 heteroatoms. The number of rotatable bonds is 8. The first kappa shape index (κ1) is 38.3. The fourth-order valence-corrected chi connectivity index (χ4v) is 11.7. The van der Waals surface area contributed by atoms with Gasteiger partial charge in [-0.05, 0) is 131 Å². The van der Waals surface area contributed by atoms with Crippen molar-refractivity contribution in [3.8, 4) is 0 Å². The third-order valence-electron chi connectivity index (χ3n) is 14.7. The molecule has 264 valence electrons. The van der Waals surface area contributed by atoms with E-state index in [-0.39, 0.29) is 39.0 Å². The first-order chi connectivity index (χ1) is 20.6. The molecule has 0 saturated heterocycles. The van der Waals surface area contributed by atoms with Crippen LogP contribution < -0.4 is 0 Å². The van der Waals surface area contributed by atoms with E-state index in [1.807, 2.05) is 0 Å². The lowest BCUT2D eigenvalue weighted by atomic mass is 9.49. The topological polar surface area (TPSA) is 38.7 Å². The molecule has 9 atom stereocenters. The molecular formula is C40H71FO3Si2. The summed E-state index contributed by atoms with van der Waals surface area (Å²) < 4.78 is 30.0. The summed E-state index contributed by atoms with van der Waals surface area (Å²) in [5.74, 6) is 1.79. The van der Waals surface area contributed by atoms with E-state index in [2.05, 4.69) is 107 Å². The van der Waals surface area contributed by atoms with Gasteiger partial charge in [-0.3, -0.25) is 0 Å². The molecule has 0 aromatic carbocycles. The number of aliphatic hydroxyl groups is 1. The minimum absolute atomic E-state index is 0.0272. The number of alkyl halides is 1. The highest BCUT2D eigenvalue weighted by atomic mass is 28.4. The highest BCUT2D eigenvalue weighted by molar-refractivity contribution is 6.74. The normalized spacial score (nSPS) is 36.3. The Morgan fingerprint density at radius 1 is 0.870 bits per heavy atom. The van der Waals surface area contributed by atoms with Crippen molar-refractivity contribution in [1.82, 2.24) is 0 Å². The van der Waals surface area contributed by atoms with E-state index in [1.54, 1.807) is 31.1 Å². The SMILES string of the molecule is C[C@H](/C=C/[C@](C)(F)C(C)(C)O)[C@H]1CC[C@H]2C3=CC=C4C[C@@H](O[Si](C)(C)C(C)(C)C)C[C@H](O[Si](C)(C)C(C)(C)C)[C@]4(C)[C@H]3CC[C@]12C. The fourth-order valence-electron chi connectivity index (χ4n) is 8.97. The van der Waals surface area contributed by atoms with Crippen molar-refractivity contribution in [2.24, 2.45) is 34.5 Å². The van der Waals surface area contributed by atoms with E-state index in [9.17, 15) is 5.11 Å². The Labute approximate surface area is 285 Å². The van der Waals surface area contributed by atoms with Gasteiger partial charge >= 0.3 is 0 Å². The van der Waals surface area contributed by atoms with E-state index < -0.39 is 27.9 Å². The minimum atomic E-state index is -2.05. The van der Waals surface area contributed by atoms with Gasteiger partial charge in [0.1, 0.15) is 0 Å². The summed E-state index contributed by atoms with van der Waals surface area (Å²) in [7, 11) is -3.99. The number of halogens is 1. The van der Waals surface area contributed by atoms with Gasteiger partial charge in [-0.25, -0.2) is 4.39 Å². The first-order valence-corrected chi connectivity index (χ1v) is 24.3. The van der Waals surface area contributed by atoms with Gasteiger partial charge in [0, 0.05) is 5.41 Å². The monoisotopic (exact) mass is 674 g/mol. The van der Waals surface area contributed by atoms with Crippen molar-refractivity contribution >= 4 is 16.6 Å². The zero-order chi connectivity index (χ0) is 35.1.